The van der Waals surface area contributed by atoms with Crippen molar-refractivity contribution in [3.63, 3.8) is 0 Å². The van der Waals surface area contributed by atoms with E-state index in [2.05, 4.69) is 26.9 Å². The molecule has 2 N–H and O–H groups in total. The zero-order chi connectivity index (χ0) is 20.9. The third-order valence-corrected chi connectivity index (χ3v) is 5.29. The number of carbonyl (C=O) groups excluding carboxylic acids is 1. The second kappa shape index (κ2) is 8.65. The predicted molar refractivity (Wildman–Crippen MR) is 107 cm³/mol. The number of rotatable bonds is 4. The zero-order valence-electron chi connectivity index (χ0n) is 15.3. The number of nitrogens with one attached hydrogen (secondary N) is 2. The van der Waals surface area contributed by atoms with Crippen LogP contribution in [0.4, 0.5) is 10.1 Å². The molecule has 1 heterocycles. The summed E-state index contributed by atoms with van der Waals surface area (Å²) in [5, 5.41) is 2.56. The Labute approximate surface area is 167 Å². The number of sulfonamides is 1. The lowest BCUT2D eigenvalue weighted by atomic mass is 10.1. The van der Waals surface area contributed by atoms with Crippen LogP contribution in [0, 0.1) is 17.7 Å². The number of halogens is 1. The molecule has 0 fully saturated rings. The molecule has 0 saturated carbocycles. The molecule has 2 aromatic carbocycles. The molecule has 0 saturated heterocycles. The zero-order valence-corrected chi connectivity index (χ0v) is 16.1. The van der Waals surface area contributed by atoms with Gasteiger partial charge in [-0.25, -0.2) is 22.5 Å². The molecule has 0 spiro atoms. The molecular formula is C21H16FN3O3S. The van der Waals surface area contributed by atoms with Crippen LogP contribution >= 0.6 is 0 Å². The number of hydrogen-bond acceptors (Lipinski definition) is 4. The Bertz CT molecular complexity index is 1220. The highest BCUT2D eigenvalue weighted by Crippen LogP contribution is 2.17. The van der Waals surface area contributed by atoms with E-state index in [0.29, 0.717) is 16.9 Å². The van der Waals surface area contributed by atoms with Crippen LogP contribution in [0.2, 0.25) is 0 Å². The number of carbonyl (C=O) groups is 1. The third-order valence-electron chi connectivity index (χ3n) is 3.88. The normalized spacial score (nSPS) is 10.7. The van der Waals surface area contributed by atoms with Gasteiger partial charge in [0.2, 0.25) is 10.0 Å². The molecule has 0 atom stereocenters. The van der Waals surface area contributed by atoms with Crippen molar-refractivity contribution in [2.24, 2.45) is 0 Å². The second-order valence-corrected chi connectivity index (χ2v) is 7.74. The van der Waals surface area contributed by atoms with Gasteiger partial charge in [-0.15, -0.1) is 0 Å². The van der Waals surface area contributed by atoms with Gasteiger partial charge in [0, 0.05) is 17.4 Å². The predicted octanol–water partition coefficient (Wildman–Crippen LogP) is 2.78. The number of nitrogens with zero attached hydrogens (tertiary/aromatic N) is 1. The van der Waals surface area contributed by atoms with Crippen LogP contribution < -0.4 is 10.0 Å². The minimum absolute atomic E-state index is 0.207. The maximum atomic E-state index is 14.1. The van der Waals surface area contributed by atoms with Crippen molar-refractivity contribution < 1.29 is 17.6 Å². The van der Waals surface area contributed by atoms with Crippen molar-refractivity contribution in [2.75, 3.05) is 12.4 Å². The molecule has 0 aliphatic carbocycles. The average molecular weight is 409 g/mol. The molecule has 0 aliphatic heterocycles. The van der Waals surface area contributed by atoms with E-state index in [0.717, 1.165) is 18.2 Å². The topological polar surface area (TPSA) is 88.2 Å². The van der Waals surface area contributed by atoms with E-state index in [1.165, 1.54) is 7.05 Å². The molecule has 0 radical (unpaired) electrons. The highest BCUT2D eigenvalue weighted by Gasteiger charge is 2.18. The van der Waals surface area contributed by atoms with Gasteiger partial charge in [-0.3, -0.25) is 4.79 Å². The monoisotopic (exact) mass is 409 g/mol. The van der Waals surface area contributed by atoms with Gasteiger partial charge in [-0.1, -0.05) is 18.1 Å². The van der Waals surface area contributed by atoms with E-state index in [9.17, 15) is 17.6 Å². The van der Waals surface area contributed by atoms with Gasteiger partial charge in [-0.2, -0.15) is 0 Å². The quantitative estimate of drug-likeness (QED) is 0.649. The highest BCUT2D eigenvalue weighted by molar-refractivity contribution is 7.89. The molecule has 6 nitrogen and oxygen atoms in total. The molecule has 146 valence electrons. The Kier molecular flexibility index (Phi) is 6.02. The van der Waals surface area contributed by atoms with Crippen LogP contribution in [0.1, 0.15) is 21.6 Å². The number of amides is 1. The third kappa shape index (κ3) is 5.04. The molecule has 3 aromatic rings. The number of aromatic nitrogens is 1. The molecule has 1 aromatic heterocycles. The molecule has 0 unspecified atom stereocenters. The van der Waals surface area contributed by atoms with E-state index in [1.54, 1.807) is 42.6 Å². The van der Waals surface area contributed by atoms with Crippen LogP contribution in [0.15, 0.2) is 71.8 Å². The van der Waals surface area contributed by atoms with Gasteiger partial charge in [-0.05, 0) is 61.5 Å². The summed E-state index contributed by atoms with van der Waals surface area (Å²) >= 11 is 0. The van der Waals surface area contributed by atoms with Gasteiger partial charge in [0.1, 0.15) is 11.5 Å². The number of benzene rings is 2. The smallest absolute Gasteiger partial charge is 0.258 e. The van der Waals surface area contributed by atoms with Crippen LogP contribution in [0.5, 0.6) is 0 Å². The lowest BCUT2D eigenvalue weighted by Gasteiger charge is -2.09. The molecule has 0 bridgehead atoms. The molecule has 1 amide bonds. The van der Waals surface area contributed by atoms with Crippen LogP contribution in [-0.4, -0.2) is 26.4 Å². The molecular weight excluding hydrogens is 393 g/mol. The van der Waals surface area contributed by atoms with E-state index in [4.69, 9.17) is 0 Å². The van der Waals surface area contributed by atoms with Crippen molar-refractivity contribution >= 4 is 21.6 Å². The fraction of sp³-hybridized carbons (Fsp3) is 0.0476. The number of anilines is 1. The van der Waals surface area contributed by atoms with Gasteiger partial charge < -0.3 is 5.32 Å². The minimum atomic E-state index is -3.81. The van der Waals surface area contributed by atoms with Crippen LogP contribution in [0.3, 0.4) is 0 Å². The average Bonchev–Trinajstić information content (AvgIpc) is 2.73. The van der Waals surface area contributed by atoms with Crippen molar-refractivity contribution in [1.82, 2.24) is 9.71 Å². The Hall–Kier alpha value is -3.54. The first-order valence-electron chi connectivity index (χ1n) is 8.46. The van der Waals surface area contributed by atoms with Crippen molar-refractivity contribution in [1.29, 1.82) is 0 Å². The summed E-state index contributed by atoms with van der Waals surface area (Å²) in [6.45, 7) is 0. The molecule has 0 aliphatic rings. The van der Waals surface area contributed by atoms with E-state index in [1.807, 2.05) is 6.07 Å². The van der Waals surface area contributed by atoms with Gasteiger partial charge in [0.25, 0.3) is 5.91 Å². The van der Waals surface area contributed by atoms with E-state index in [-0.39, 0.29) is 10.5 Å². The first kappa shape index (κ1) is 20.2. The summed E-state index contributed by atoms with van der Waals surface area (Å²) in [6.07, 6.45) is 1.64. The maximum Gasteiger partial charge on any atom is 0.258 e. The van der Waals surface area contributed by atoms with Gasteiger partial charge >= 0.3 is 0 Å². The lowest BCUT2D eigenvalue weighted by molar-refractivity contribution is 0.102. The summed E-state index contributed by atoms with van der Waals surface area (Å²) in [5.74, 6) is 4.24. The SMILES string of the molecule is CNS(=O)(=O)c1ccc(F)c(C(=O)Nc2cccc(C#Cc3ccccn3)c2)c1. The first-order valence-corrected chi connectivity index (χ1v) is 9.95. The molecule has 29 heavy (non-hydrogen) atoms. The minimum Gasteiger partial charge on any atom is -0.322 e. The highest BCUT2D eigenvalue weighted by atomic mass is 32.2. The number of pyridine rings is 1. The summed E-state index contributed by atoms with van der Waals surface area (Å²) in [4.78, 5) is 16.4. The van der Waals surface area contributed by atoms with E-state index >= 15 is 0 Å². The van der Waals surface area contributed by atoms with E-state index < -0.39 is 21.7 Å². The summed E-state index contributed by atoms with van der Waals surface area (Å²) in [5.41, 5.74) is 1.24. The standard InChI is InChI=1S/C21H16FN3O3S/c1-23-29(27,28)18-10-11-20(22)19(14-18)21(26)25-17-7-4-5-15(13-17)8-9-16-6-2-3-12-24-16/h2-7,10-14,23H,1H3,(H,25,26). The molecule has 3 rings (SSSR count). The maximum absolute atomic E-state index is 14.1. The van der Waals surface area contributed by atoms with Crippen molar-refractivity contribution in [3.05, 3.63) is 89.5 Å². The second-order valence-electron chi connectivity index (χ2n) is 5.85. The first-order chi connectivity index (χ1) is 13.9. The van der Waals surface area contributed by atoms with Gasteiger partial charge in [0.05, 0.1) is 10.5 Å². The van der Waals surface area contributed by atoms with Crippen LogP contribution in [-0.2, 0) is 10.0 Å². The summed E-state index contributed by atoms with van der Waals surface area (Å²) < 4.78 is 40.0. The number of hydrogen-bond donors (Lipinski definition) is 2. The fourth-order valence-electron chi connectivity index (χ4n) is 2.41. The lowest BCUT2D eigenvalue weighted by Crippen LogP contribution is -2.20. The Balaban J connectivity index is 1.83. The Morgan fingerprint density at radius 2 is 1.86 bits per heavy atom. The Morgan fingerprint density at radius 1 is 1.03 bits per heavy atom. The van der Waals surface area contributed by atoms with Gasteiger partial charge in [0.15, 0.2) is 0 Å². The summed E-state index contributed by atoms with van der Waals surface area (Å²) in [6, 6.07) is 15.1. The van der Waals surface area contributed by atoms with Crippen LogP contribution in [0.25, 0.3) is 0 Å². The van der Waals surface area contributed by atoms with Crippen molar-refractivity contribution in [3.8, 4) is 11.8 Å². The molecule has 8 heteroatoms. The summed E-state index contributed by atoms with van der Waals surface area (Å²) in [7, 11) is -2.57. The fourth-order valence-corrected chi connectivity index (χ4v) is 3.17. The Morgan fingerprint density at radius 3 is 2.59 bits per heavy atom. The largest absolute Gasteiger partial charge is 0.322 e. The van der Waals surface area contributed by atoms with Crippen molar-refractivity contribution in [2.45, 2.75) is 4.90 Å².